The van der Waals surface area contributed by atoms with Gasteiger partial charge in [-0.25, -0.2) is 4.39 Å². The minimum absolute atomic E-state index is 0.238. The average molecular weight is 303 g/mol. The van der Waals surface area contributed by atoms with E-state index in [0.29, 0.717) is 30.0 Å². The zero-order valence-corrected chi connectivity index (χ0v) is 12.6. The van der Waals surface area contributed by atoms with Crippen LogP contribution in [0.4, 0.5) is 4.39 Å². The molecule has 0 aliphatic rings. The highest BCUT2D eigenvalue weighted by Crippen LogP contribution is 2.23. The van der Waals surface area contributed by atoms with Crippen LogP contribution < -0.4 is 14.8 Å². The third-order valence-electron chi connectivity index (χ3n) is 3.26. The summed E-state index contributed by atoms with van der Waals surface area (Å²) in [4.78, 5) is 12.2. The smallest absolute Gasteiger partial charge is 0.255 e. The number of carbonyl (C=O) groups excluding carboxylic acids is 1. The highest BCUT2D eigenvalue weighted by molar-refractivity contribution is 5.97. The van der Waals surface area contributed by atoms with Crippen LogP contribution in [-0.2, 0) is 6.42 Å². The van der Waals surface area contributed by atoms with E-state index in [9.17, 15) is 9.18 Å². The van der Waals surface area contributed by atoms with Gasteiger partial charge >= 0.3 is 0 Å². The van der Waals surface area contributed by atoms with Crippen molar-refractivity contribution >= 4 is 5.91 Å². The van der Waals surface area contributed by atoms with Gasteiger partial charge in [0.2, 0.25) is 0 Å². The Bertz CT molecular complexity index is 641. The van der Waals surface area contributed by atoms with E-state index in [1.54, 1.807) is 30.3 Å². The molecule has 0 aliphatic carbocycles. The summed E-state index contributed by atoms with van der Waals surface area (Å²) >= 11 is 0. The lowest BCUT2D eigenvalue weighted by molar-refractivity contribution is 0.0950. The summed E-state index contributed by atoms with van der Waals surface area (Å²) in [6.45, 7) is 0.449. The highest BCUT2D eigenvalue weighted by Gasteiger charge is 2.13. The second kappa shape index (κ2) is 7.45. The molecule has 22 heavy (non-hydrogen) atoms. The Morgan fingerprint density at radius 3 is 2.45 bits per heavy atom. The predicted octanol–water partition coefficient (Wildman–Crippen LogP) is 2.82. The molecule has 1 N–H and O–H groups in total. The number of nitrogens with one attached hydrogen (secondary N) is 1. The van der Waals surface area contributed by atoms with Crippen molar-refractivity contribution in [3.8, 4) is 11.5 Å². The maximum Gasteiger partial charge on any atom is 0.255 e. The summed E-state index contributed by atoms with van der Waals surface area (Å²) in [5.41, 5.74) is 1.38. The Kier molecular flexibility index (Phi) is 5.36. The van der Waals surface area contributed by atoms with Crippen molar-refractivity contribution in [2.24, 2.45) is 0 Å². The molecule has 5 heteroatoms. The van der Waals surface area contributed by atoms with Crippen LogP contribution in [0.2, 0.25) is 0 Å². The molecule has 0 bridgehead atoms. The van der Waals surface area contributed by atoms with Gasteiger partial charge < -0.3 is 14.8 Å². The van der Waals surface area contributed by atoms with Crippen LogP contribution >= 0.6 is 0 Å². The van der Waals surface area contributed by atoms with Crippen molar-refractivity contribution in [1.29, 1.82) is 0 Å². The van der Waals surface area contributed by atoms with Gasteiger partial charge in [-0.05, 0) is 42.3 Å². The number of rotatable bonds is 6. The molecule has 0 fully saturated rings. The minimum Gasteiger partial charge on any atom is -0.497 e. The van der Waals surface area contributed by atoms with Crippen molar-refractivity contribution in [2.45, 2.75) is 6.42 Å². The molecule has 0 spiro atoms. The molecule has 4 nitrogen and oxygen atoms in total. The molecule has 2 rings (SSSR count). The zero-order chi connectivity index (χ0) is 15.9. The second-order valence-corrected chi connectivity index (χ2v) is 4.70. The summed E-state index contributed by atoms with van der Waals surface area (Å²) in [7, 11) is 3.05. The lowest BCUT2D eigenvalue weighted by atomic mass is 10.1. The normalized spacial score (nSPS) is 10.1. The van der Waals surface area contributed by atoms with Crippen LogP contribution in [0.3, 0.4) is 0 Å². The average Bonchev–Trinajstić information content (AvgIpc) is 2.56. The van der Waals surface area contributed by atoms with Gasteiger partial charge in [-0.15, -0.1) is 0 Å². The molecular weight excluding hydrogens is 285 g/mol. The van der Waals surface area contributed by atoms with E-state index < -0.39 is 0 Å². The van der Waals surface area contributed by atoms with Gasteiger partial charge in [-0.2, -0.15) is 0 Å². The Morgan fingerprint density at radius 2 is 1.82 bits per heavy atom. The van der Waals surface area contributed by atoms with Gasteiger partial charge in [-0.1, -0.05) is 12.1 Å². The summed E-state index contributed by atoms with van der Waals surface area (Å²) in [5, 5.41) is 2.82. The van der Waals surface area contributed by atoms with Crippen LogP contribution in [0.15, 0.2) is 42.5 Å². The van der Waals surface area contributed by atoms with Crippen molar-refractivity contribution < 1.29 is 18.7 Å². The first-order valence-electron chi connectivity index (χ1n) is 6.88. The fraction of sp³-hybridized carbons (Fsp3) is 0.235. The number of benzene rings is 2. The summed E-state index contributed by atoms with van der Waals surface area (Å²) in [5.74, 6) is 0.566. The molecule has 2 aromatic carbocycles. The molecule has 116 valence electrons. The van der Waals surface area contributed by atoms with Crippen LogP contribution in [0, 0.1) is 5.82 Å². The Morgan fingerprint density at radius 1 is 1.09 bits per heavy atom. The van der Waals surface area contributed by atoms with Gasteiger partial charge in [-0.3, -0.25) is 4.79 Å². The molecular formula is C17H18FNO3. The standard InChI is InChI=1S/C17H18FNO3/c1-21-14-7-8-16(22-2)15(11-14)17(20)19-10-9-12-3-5-13(18)6-4-12/h3-8,11H,9-10H2,1-2H3,(H,19,20). The number of hydrogen-bond acceptors (Lipinski definition) is 3. The topological polar surface area (TPSA) is 47.6 Å². The third-order valence-corrected chi connectivity index (χ3v) is 3.26. The maximum absolute atomic E-state index is 12.8. The van der Waals surface area contributed by atoms with Crippen LogP contribution in [0.25, 0.3) is 0 Å². The molecule has 0 unspecified atom stereocenters. The largest absolute Gasteiger partial charge is 0.497 e. The van der Waals surface area contributed by atoms with Crippen LogP contribution in [-0.4, -0.2) is 26.7 Å². The zero-order valence-electron chi connectivity index (χ0n) is 12.6. The quantitative estimate of drug-likeness (QED) is 0.892. The molecule has 0 saturated heterocycles. The van der Waals surface area contributed by atoms with E-state index in [2.05, 4.69) is 5.32 Å². The Labute approximate surface area is 128 Å². The number of methoxy groups -OCH3 is 2. The maximum atomic E-state index is 12.8. The molecule has 0 saturated carbocycles. The Balaban J connectivity index is 1.98. The minimum atomic E-state index is -0.270. The first kappa shape index (κ1) is 15.8. The summed E-state index contributed by atoms with van der Waals surface area (Å²) < 4.78 is 23.1. The number of halogens is 1. The number of ether oxygens (including phenoxy) is 2. The van der Waals surface area contributed by atoms with Gasteiger partial charge in [0, 0.05) is 6.54 Å². The molecule has 2 aromatic rings. The lowest BCUT2D eigenvalue weighted by Crippen LogP contribution is -2.26. The molecule has 0 aliphatic heterocycles. The fourth-order valence-corrected chi connectivity index (χ4v) is 2.06. The van der Waals surface area contributed by atoms with Gasteiger partial charge in [0.05, 0.1) is 19.8 Å². The SMILES string of the molecule is COc1ccc(OC)c(C(=O)NCCc2ccc(F)cc2)c1. The Hall–Kier alpha value is -2.56. The van der Waals surface area contributed by atoms with Gasteiger partial charge in [0.15, 0.2) is 0 Å². The van der Waals surface area contributed by atoms with E-state index in [1.165, 1.54) is 26.4 Å². The second-order valence-electron chi connectivity index (χ2n) is 4.70. The van der Waals surface area contributed by atoms with Crippen LogP contribution in [0.1, 0.15) is 15.9 Å². The summed E-state index contributed by atoms with van der Waals surface area (Å²) in [6, 6.07) is 11.3. The molecule has 0 heterocycles. The number of hydrogen-bond donors (Lipinski definition) is 1. The first-order chi connectivity index (χ1) is 10.6. The summed E-state index contributed by atoms with van der Waals surface area (Å²) in [6.07, 6.45) is 0.623. The van der Waals surface area contributed by atoms with Gasteiger partial charge in [0.1, 0.15) is 17.3 Å². The molecule has 1 amide bonds. The molecule has 0 radical (unpaired) electrons. The predicted molar refractivity (Wildman–Crippen MR) is 82.0 cm³/mol. The molecule has 0 aromatic heterocycles. The van der Waals surface area contributed by atoms with E-state index in [4.69, 9.17) is 9.47 Å². The van der Waals surface area contributed by atoms with Crippen molar-refractivity contribution in [3.63, 3.8) is 0 Å². The van der Waals surface area contributed by atoms with Crippen molar-refractivity contribution in [1.82, 2.24) is 5.32 Å². The highest BCUT2D eigenvalue weighted by atomic mass is 19.1. The van der Waals surface area contributed by atoms with E-state index in [1.807, 2.05) is 0 Å². The first-order valence-corrected chi connectivity index (χ1v) is 6.88. The third kappa shape index (κ3) is 3.97. The van der Waals surface area contributed by atoms with E-state index in [0.717, 1.165) is 5.56 Å². The molecule has 0 atom stereocenters. The van der Waals surface area contributed by atoms with Crippen molar-refractivity contribution in [3.05, 3.63) is 59.4 Å². The van der Waals surface area contributed by atoms with Crippen molar-refractivity contribution in [2.75, 3.05) is 20.8 Å². The lowest BCUT2D eigenvalue weighted by Gasteiger charge is -2.11. The van der Waals surface area contributed by atoms with Crippen LogP contribution in [0.5, 0.6) is 11.5 Å². The fourth-order valence-electron chi connectivity index (χ4n) is 2.06. The van der Waals surface area contributed by atoms with E-state index >= 15 is 0 Å². The van der Waals surface area contributed by atoms with Gasteiger partial charge in [0.25, 0.3) is 5.91 Å². The number of amides is 1. The monoisotopic (exact) mass is 303 g/mol. The number of carbonyl (C=O) groups is 1. The van der Waals surface area contributed by atoms with E-state index in [-0.39, 0.29) is 11.7 Å².